The van der Waals surface area contributed by atoms with Gasteiger partial charge < -0.3 is 0 Å². The van der Waals surface area contributed by atoms with Crippen molar-refractivity contribution >= 4 is 12.0 Å². The van der Waals surface area contributed by atoms with Crippen LogP contribution >= 0.6 is 0 Å². The topological polar surface area (TPSA) is 29.4 Å². The predicted octanol–water partition coefficient (Wildman–Crippen LogP) is 3.45. The van der Waals surface area contributed by atoms with Crippen LogP contribution in [0.5, 0.6) is 0 Å². The Morgan fingerprint density at radius 1 is 1.20 bits per heavy atom. The Morgan fingerprint density at radius 3 is 2.60 bits per heavy atom. The molecule has 102 valence electrons. The number of rotatable bonds is 4. The fraction of sp³-hybridized carbons (Fsp3) is 0.176. The van der Waals surface area contributed by atoms with Crippen molar-refractivity contribution in [3.05, 3.63) is 71.1 Å². The zero-order valence-corrected chi connectivity index (χ0v) is 11.3. The minimum absolute atomic E-state index is 0.214. The summed E-state index contributed by atoms with van der Waals surface area (Å²) in [6, 6.07) is 6.54. The maximum atomic E-state index is 12.8. The quantitative estimate of drug-likeness (QED) is 0.770. The van der Waals surface area contributed by atoms with E-state index in [0.29, 0.717) is 5.57 Å². The van der Waals surface area contributed by atoms with Gasteiger partial charge in [-0.1, -0.05) is 30.4 Å². The fourth-order valence-corrected chi connectivity index (χ4v) is 2.05. The third kappa shape index (κ3) is 3.60. The van der Waals surface area contributed by atoms with Gasteiger partial charge in [0.25, 0.3) is 0 Å². The van der Waals surface area contributed by atoms with E-state index < -0.39 is 0 Å². The number of benzene rings is 1. The normalized spacial score (nSPS) is 18.4. The van der Waals surface area contributed by atoms with Crippen molar-refractivity contribution in [1.29, 1.82) is 0 Å². The molecular weight excluding hydrogens is 253 g/mol. The Bertz CT molecular complexity index is 606. The Balaban J connectivity index is 2.01. The molecule has 1 aliphatic rings. The average Bonchev–Trinajstić information content (AvgIpc) is 2.49. The molecule has 1 aliphatic carbocycles. The van der Waals surface area contributed by atoms with Crippen LogP contribution in [0, 0.1) is 5.82 Å². The molecule has 1 aromatic carbocycles. The molecule has 0 atom stereocenters. The summed E-state index contributed by atoms with van der Waals surface area (Å²) in [4.78, 5) is 14.9. The molecule has 0 saturated carbocycles. The summed E-state index contributed by atoms with van der Waals surface area (Å²) >= 11 is 0. The Kier molecular flexibility index (Phi) is 4.77. The average molecular weight is 269 g/mol. The minimum atomic E-state index is -0.214. The van der Waals surface area contributed by atoms with Gasteiger partial charge in [0, 0.05) is 12.6 Å². The van der Waals surface area contributed by atoms with E-state index in [0.717, 1.165) is 36.0 Å². The molecule has 0 aliphatic heterocycles. The molecule has 20 heavy (non-hydrogen) atoms. The summed E-state index contributed by atoms with van der Waals surface area (Å²) < 4.78 is 12.8. The molecule has 0 heterocycles. The van der Waals surface area contributed by atoms with Crippen LogP contribution in [0.1, 0.15) is 12.0 Å². The molecule has 0 saturated heterocycles. The smallest absolute Gasteiger partial charge is 0.150 e. The molecule has 2 rings (SSSR count). The van der Waals surface area contributed by atoms with Crippen LogP contribution in [0.4, 0.5) is 4.39 Å². The summed E-state index contributed by atoms with van der Waals surface area (Å²) in [5.74, 6) is -0.214. The number of aldehydes is 1. The standard InChI is InChI=1S/C17H16FNO/c1-19-17-11-14(12-20)5-8-15(17)4-2-3-13-6-9-16(18)10-7-13/h4-12H,2-3H2,1H3/b15-4-,19-17?. The van der Waals surface area contributed by atoms with Crippen molar-refractivity contribution < 1.29 is 9.18 Å². The Labute approximate surface area is 118 Å². The highest BCUT2D eigenvalue weighted by atomic mass is 19.1. The number of aryl methyl sites for hydroxylation is 1. The number of allylic oxidation sites excluding steroid dienone is 6. The van der Waals surface area contributed by atoms with Crippen LogP contribution in [-0.2, 0) is 11.2 Å². The molecule has 1 aromatic rings. The molecule has 0 radical (unpaired) electrons. The van der Waals surface area contributed by atoms with Gasteiger partial charge in [-0.3, -0.25) is 9.79 Å². The van der Waals surface area contributed by atoms with E-state index in [1.165, 1.54) is 12.1 Å². The largest absolute Gasteiger partial charge is 0.298 e. The van der Waals surface area contributed by atoms with Crippen molar-refractivity contribution in [3.63, 3.8) is 0 Å². The summed E-state index contributed by atoms with van der Waals surface area (Å²) in [6.07, 6.45) is 10.0. The van der Waals surface area contributed by atoms with Crippen molar-refractivity contribution in [1.82, 2.24) is 0 Å². The Morgan fingerprint density at radius 2 is 1.95 bits per heavy atom. The molecule has 0 bridgehead atoms. The van der Waals surface area contributed by atoms with Gasteiger partial charge in [0.1, 0.15) is 12.1 Å². The lowest BCUT2D eigenvalue weighted by atomic mass is 9.98. The summed E-state index contributed by atoms with van der Waals surface area (Å²) in [7, 11) is 1.71. The zero-order chi connectivity index (χ0) is 14.4. The highest BCUT2D eigenvalue weighted by molar-refractivity contribution is 6.14. The van der Waals surface area contributed by atoms with Crippen LogP contribution in [0.3, 0.4) is 0 Å². The van der Waals surface area contributed by atoms with Gasteiger partial charge in [-0.25, -0.2) is 4.39 Å². The number of aliphatic imine (C=N–C) groups is 1. The van der Waals surface area contributed by atoms with E-state index in [2.05, 4.69) is 11.1 Å². The maximum absolute atomic E-state index is 12.8. The van der Waals surface area contributed by atoms with Crippen molar-refractivity contribution in [2.24, 2.45) is 4.99 Å². The monoisotopic (exact) mass is 269 g/mol. The van der Waals surface area contributed by atoms with Gasteiger partial charge in [0.15, 0.2) is 0 Å². The molecule has 0 unspecified atom stereocenters. The lowest BCUT2D eigenvalue weighted by molar-refractivity contribution is -0.104. The van der Waals surface area contributed by atoms with Crippen LogP contribution in [0.2, 0.25) is 0 Å². The number of carbonyl (C=O) groups excluding carboxylic acids is 1. The summed E-state index contributed by atoms with van der Waals surface area (Å²) in [5, 5.41) is 0. The molecule has 0 fully saturated rings. The van der Waals surface area contributed by atoms with Crippen molar-refractivity contribution in [3.8, 4) is 0 Å². The lowest BCUT2D eigenvalue weighted by Crippen LogP contribution is -2.04. The van der Waals surface area contributed by atoms with Crippen LogP contribution in [0.15, 0.2) is 64.7 Å². The second kappa shape index (κ2) is 6.75. The number of nitrogens with zero attached hydrogens (tertiary/aromatic N) is 1. The number of halogens is 1. The highest BCUT2D eigenvalue weighted by Crippen LogP contribution is 2.14. The SMILES string of the molecule is CN=C1C=C(C=O)C=C/C1=C/CCc1ccc(F)cc1. The van der Waals surface area contributed by atoms with Crippen molar-refractivity contribution in [2.75, 3.05) is 7.05 Å². The van der Waals surface area contributed by atoms with Crippen molar-refractivity contribution in [2.45, 2.75) is 12.8 Å². The molecule has 2 nitrogen and oxygen atoms in total. The van der Waals surface area contributed by atoms with Crippen LogP contribution in [0.25, 0.3) is 0 Å². The molecule has 0 aromatic heterocycles. The van der Waals surface area contributed by atoms with Gasteiger partial charge in [0.2, 0.25) is 0 Å². The van der Waals surface area contributed by atoms with Gasteiger partial charge in [-0.05, 0) is 42.2 Å². The third-order valence-electron chi connectivity index (χ3n) is 3.14. The van der Waals surface area contributed by atoms with E-state index in [9.17, 15) is 9.18 Å². The van der Waals surface area contributed by atoms with E-state index in [-0.39, 0.29) is 5.82 Å². The first-order valence-corrected chi connectivity index (χ1v) is 6.49. The molecule has 0 spiro atoms. The highest BCUT2D eigenvalue weighted by Gasteiger charge is 2.07. The maximum Gasteiger partial charge on any atom is 0.150 e. The predicted molar refractivity (Wildman–Crippen MR) is 79.5 cm³/mol. The van der Waals surface area contributed by atoms with Crippen LogP contribution in [-0.4, -0.2) is 19.0 Å². The van der Waals surface area contributed by atoms with Gasteiger partial charge in [-0.2, -0.15) is 0 Å². The third-order valence-corrected chi connectivity index (χ3v) is 3.14. The van der Waals surface area contributed by atoms with Gasteiger partial charge >= 0.3 is 0 Å². The fourth-order valence-electron chi connectivity index (χ4n) is 2.05. The zero-order valence-electron chi connectivity index (χ0n) is 11.3. The number of hydrogen-bond acceptors (Lipinski definition) is 2. The number of hydrogen-bond donors (Lipinski definition) is 0. The summed E-state index contributed by atoms with van der Waals surface area (Å²) in [6.45, 7) is 0. The number of carbonyl (C=O) groups is 1. The van der Waals surface area contributed by atoms with E-state index in [1.807, 2.05) is 6.08 Å². The first kappa shape index (κ1) is 14.1. The minimum Gasteiger partial charge on any atom is -0.298 e. The second-order valence-corrected chi connectivity index (χ2v) is 4.53. The molecule has 0 amide bonds. The lowest BCUT2D eigenvalue weighted by Gasteiger charge is -2.08. The van der Waals surface area contributed by atoms with Gasteiger partial charge in [-0.15, -0.1) is 0 Å². The van der Waals surface area contributed by atoms with E-state index >= 15 is 0 Å². The Hall–Kier alpha value is -2.29. The van der Waals surface area contributed by atoms with E-state index in [1.54, 1.807) is 31.3 Å². The molecule has 3 heteroatoms. The van der Waals surface area contributed by atoms with Gasteiger partial charge in [0.05, 0.1) is 5.71 Å². The summed E-state index contributed by atoms with van der Waals surface area (Å²) in [5.41, 5.74) is 3.55. The first-order valence-electron chi connectivity index (χ1n) is 6.49. The molecule has 0 N–H and O–H groups in total. The first-order chi connectivity index (χ1) is 9.72. The second-order valence-electron chi connectivity index (χ2n) is 4.53. The molecular formula is C17H16FNO. The van der Waals surface area contributed by atoms with E-state index in [4.69, 9.17) is 0 Å². The van der Waals surface area contributed by atoms with Crippen LogP contribution < -0.4 is 0 Å².